The maximum atomic E-state index is 12.9. The summed E-state index contributed by atoms with van der Waals surface area (Å²) in [5.74, 6) is 0.0419. The van der Waals surface area contributed by atoms with Crippen LogP contribution in [0.4, 0.5) is 30.2 Å². The number of nitrogens with one attached hydrogen (secondary N) is 2. The minimum Gasteiger partial charge on any atom is -0.493 e. The van der Waals surface area contributed by atoms with Crippen LogP contribution in [0, 0.1) is 17.0 Å². The van der Waals surface area contributed by atoms with E-state index in [2.05, 4.69) is 15.8 Å². The molecule has 188 valence electrons. The van der Waals surface area contributed by atoms with E-state index < -0.39 is 28.3 Å². The Labute approximate surface area is 203 Å². The smallest absolute Gasteiger partial charge is 0.416 e. The summed E-state index contributed by atoms with van der Waals surface area (Å²) in [5.41, 5.74) is 2.16. The molecule has 0 aliphatic heterocycles. The molecule has 9 nitrogen and oxygen atoms in total. The molecular formula is C24H21F3N4O5. The minimum absolute atomic E-state index is 0.173. The van der Waals surface area contributed by atoms with Crippen LogP contribution in [0.25, 0.3) is 0 Å². The number of nitrogens with zero attached hydrogens (tertiary/aromatic N) is 2. The summed E-state index contributed by atoms with van der Waals surface area (Å²) >= 11 is 0. The van der Waals surface area contributed by atoms with Crippen LogP contribution < -0.4 is 20.2 Å². The number of aryl methyl sites for hydroxylation is 1. The molecule has 0 unspecified atom stereocenters. The number of amides is 1. The number of hydrogen-bond donors (Lipinski definition) is 2. The fourth-order valence-electron chi connectivity index (χ4n) is 3.05. The molecule has 0 saturated heterocycles. The second-order valence-electron chi connectivity index (χ2n) is 7.44. The zero-order valence-electron chi connectivity index (χ0n) is 19.1. The molecule has 0 fully saturated rings. The number of anilines is 2. The van der Waals surface area contributed by atoms with Crippen molar-refractivity contribution < 1.29 is 32.4 Å². The fourth-order valence-corrected chi connectivity index (χ4v) is 3.05. The highest BCUT2D eigenvalue weighted by molar-refractivity contribution is 5.92. The Morgan fingerprint density at radius 2 is 1.86 bits per heavy atom. The average molecular weight is 502 g/mol. The molecule has 0 aliphatic carbocycles. The molecule has 1 amide bonds. The number of benzene rings is 3. The predicted molar refractivity (Wildman–Crippen MR) is 128 cm³/mol. The first-order valence-corrected chi connectivity index (χ1v) is 10.4. The Balaban J connectivity index is 1.75. The van der Waals surface area contributed by atoms with E-state index in [0.717, 1.165) is 11.6 Å². The van der Waals surface area contributed by atoms with Gasteiger partial charge < -0.3 is 14.8 Å². The molecule has 0 heterocycles. The molecule has 36 heavy (non-hydrogen) atoms. The van der Waals surface area contributed by atoms with Gasteiger partial charge in [-0.2, -0.15) is 18.3 Å². The predicted octanol–water partition coefficient (Wildman–Crippen LogP) is 5.39. The first-order valence-electron chi connectivity index (χ1n) is 10.4. The Hall–Kier alpha value is -4.61. The van der Waals surface area contributed by atoms with Crippen molar-refractivity contribution in [2.75, 3.05) is 24.5 Å². The van der Waals surface area contributed by atoms with E-state index >= 15 is 0 Å². The zero-order chi connectivity index (χ0) is 26.3. The number of carbonyl (C=O) groups excluding carboxylic acids is 1. The number of carbonyl (C=O) groups is 1. The van der Waals surface area contributed by atoms with Crippen LogP contribution in [0.15, 0.2) is 65.8 Å². The fraction of sp³-hybridized carbons (Fsp3) is 0.167. The van der Waals surface area contributed by atoms with Gasteiger partial charge in [-0.3, -0.25) is 20.3 Å². The number of nitro groups is 1. The molecule has 0 aromatic heterocycles. The largest absolute Gasteiger partial charge is 0.493 e. The second-order valence-corrected chi connectivity index (χ2v) is 7.44. The number of rotatable bonds is 9. The van der Waals surface area contributed by atoms with Gasteiger partial charge in [0.15, 0.2) is 18.1 Å². The maximum absolute atomic E-state index is 12.9. The SMILES string of the molecule is COc1cccc(/C=N\Nc2ccc(C(F)(F)F)cc2[N+](=O)[O-])c1OCC(=O)Nc1ccc(C)cc1. The van der Waals surface area contributed by atoms with Crippen LogP contribution in [0.5, 0.6) is 11.5 Å². The van der Waals surface area contributed by atoms with E-state index in [0.29, 0.717) is 29.1 Å². The number of ether oxygens (including phenoxy) is 2. The number of para-hydroxylation sites is 1. The molecule has 0 atom stereocenters. The van der Waals surface area contributed by atoms with E-state index in [1.165, 1.54) is 13.3 Å². The van der Waals surface area contributed by atoms with Crippen molar-refractivity contribution in [2.45, 2.75) is 13.1 Å². The van der Waals surface area contributed by atoms with Gasteiger partial charge in [-0.1, -0.05) is 23.8 Å². The molecule has 3 aromatic carbocycles. The number of nitro benzene ring substituents is 1. The number of hydrogen-bond acceptors (Lipinski definition) is 7. The van der Waals surface area contributed by atoms with Gasteiger partial charge in [0, 0.05) is 17.3 Å². The minimum atomic E-state index is -4.73. The second kappa shape index (κ2) is 11.2. The highest BCUT2D eigenvalue weighted by atomic mass is 19.4. The summed E-state index contributed by atoms with van der Waals surface area (Å²) in [6.45, 7) is 1.57. The Bertz CT molecular complexity index is 1280. The molecule has 0 spiro atoms. The van der Waals surface area contributed by atoms with Crippen molar-refractivity contribution in [2.24, 2.45) is 5.10 Å². The van der Waals surface area contributed by atoms with Crippen LogP contribution in [0.1, 0.15) is 16.7 Å². The summed E-state index contributed by atoms with van der Waals surface area (Å²) in [5, 5.41) is 17.8. The van der Waals surface area contributed by atoms with Gasteiger partial charge in [0.25, 0.3) is 11.6 Å². The van der Waals surface area contributed by atoms with Crippen LogP contribution in [0.2, 0.25) is 0 Å². The highest BCUT2D eigenvalue weighted by Crippen LogP contribution is 2.35. The summed E-state index contributed by atoms with van der Waals surface area (Å²) in [4.78, 5) is 22.6. The van der Waals surface area contributed by atoms with Gasteiger partial charge in [-0.15, -0.1) is 0 Å². The van der Waals surface area contributed by atoms with E-state index in [-0.39, 0.29) is 18.0 Å². The summed E-state index contributed by atoms with van der Waals surface area (Å²) in [7, 11) is 1.40. The molecular weight excluding hydrogens is 481 g/mol. The van der Waals surface area contributed by atoms with Crippen molar-refractivity contribution in [3.8, 4) is 11.5 Å². The number of halogens is 3. The standard InChI is InChI=1S/C24H21F3N4O5/c1-15-6-9-18(10-7-15)29-22(32)14-36-23-16(4-3-5-21(23)35-2)13-28-30-19-11-8-17(24(25,26)27)12-20(19)31(33)34/h3-13,30H,14H2,1-2H3,(H,29,32)/b28-13-. The summed E-state index contributed by atoms with van der Waals surface area (Å²) in [6.07, 6.45) is -3.50. The lowest BCUT2D eigenvalue weighted by atomic mass is 10.1. The average Bonchev–Trinajstić information content (AvgIpc) is 2.83. The topological polar surface area (TPSA) is 115 Å². The van der Waals surface area contributed by atoms with Gasteiger partial charge in [-0.25, -0.2) is 0 Å². The zero-order valence-corrected chi connectivity index (χ0v) is 19.1. The van der Waals surface area contributed by atoms with Crippen molar-refractivity contribution >= 4 is 29.2 Å². The van der Waals surface area contributed by atoms with Gasteiger partial charge in [0.2, 0.25) is 0 Å². The van der Waals surface area contributed by atoms with E-state index in [1.54, 1.807) is 30.3 Å². The number of hydrazone groups is 1. The lowest BCUT2D eigenvalue weighted by Gasteiger charge is -2.13. The molecule has 12 heteroatoms. The lowest BCUT2D eigenvalue weighted by Crippen LogP contribution is -2.20. The van der Waals surface area contributed by atoms with Crippen molar-refractivity contribution in [3.05, 3.63) is 87.5 Å². The van der Waals surface area contributed by atoms with Gasteiger partial charge in [0.05, 0.1) is 23.8 Å². The molecule has 3 rings (SSSR count). The maximum Gasteiger partial charge on any atom is 0.416 e. The Kier molecular flexibility index (Phi) is 8.10. The first-order chi connectivity index (χ1) is 17.1. The Morgan fingerprint density at radius 3 is 2.50 bits per heavy atom. The van der Waals surface area contributed by atoms with Crippen LogP contribution in [-0.4, -0.2) is 30.8 Å². The third-order valence-electron chi connectivity index (χ3n) is 4.82. The highest BCUT2D eigenvalue weighted by Gasteiger charge is 2.33. The number of alkyl halides is 3. The first kappa shape index (κ1) is 26.0. The molecule has 3 aromatic rings. The van der Waals surface area contributed by atoms with Gasteiger partial charge >= 0.3 is 6.18 Å². The molecule has 0 saturated carbocycles. The summed E-state index contributed by atoms with van der Waals surface area (Å²) in [6, 6.07) is 14.0. The molecule has 0 bridgehead atoms. The Morgan fingerprint density at radius 1 is 1.14 bits per heavy atom. The molecule has 0 aliphatic rings. The van der Waals surface area contributed by atoms with Crippen molar-refractivity contribution in [1.82, 2.24) is 0 Å². The van der Waals surface area contributed by atoms with E-state index in [1.807, 2.05) is 19.1 Å². The third kappa shape index (κ3) is 6.72. The quantitative estimate of drug-likeness (QED) is 0.230. The molecule has 2 N–H and O–H groups in total. The van der Waals surface area contributed by atoms with Crippen molar-refractivity contribution in [3.63, 3.8) is 0 Å². The van der Waals surface area contributed by atoms with Gasteiger partial charge in [0.1, 0.15) is 5.69 Å². The number of methoxy groups -OCH3 is 1. The molecule has 0 radical (unpaired) electrons. The third-order valence-corrected chi connectivity index (χ3v) is 4.82. The monoisotopic (exact) mass is 502 g/mol. The van der Waals surface area contributed by atoms with E-state index in [9.17, 15) is 28.1 Å². The normalized spacial score (nSPS) is 11.2. The van der Waals surface area contributed by atoms with Crippen molar-refractivity contribution in [1.29, 1.82) is 0 Å². The van der Waals surface area contributed by atoms with Crippen LogP contribution in [0.3, 0.4) is 0 Å². The van der Waals surface area contributed by atoms with Gasteiger partial charge in [-0.05, 0) is 43.3 Å². The lowest BCUT2D eigenvalue weighted by molar-refractivity contribution is -0.384. The van der Waals surface area contributed by atoms with Crippen LogP contribution >= 0.6 is 0 Å². The summed E-state index contributed by atoms with van der Waals surface area (Å²) < 4.78 is 49.6. The van der Waals surface area contributed by atoms with E-state index in [4.69, 9.17) is 9.47 Å². The van der Waals surface area contributed by atoms with Crippen LogP contribution in [-0.2, 0) is 11.0 Å².